The van der Waals surface area contributed by atoms with Gasteiger partial charge >= 0.3 is 0 Å². The second kappa shape index (κ2) is 10.3. The fraction of sp³-hybridized carbons (Fsp3) is 0. The van der Waals surface area contributed by atoms with Gasteiger partial charge in [-0.2, -0.15) is 10.2 Å². The van der Waals surface area contributed by atoms with Crippen LogP contribution in [-0.2, 0) is 0 Å². The highest BCUT2D eigenvalue weighted by Crippen LogP contribution is 2.08. The van der Waals surface area contributed by atoms with Crippen LogP contribution in [-0.4, -0.2) is 29.2 Å². The zero-order valence-electron chi connectivity index (χ0n) is 15.4. The lowest BCUT2D eigenvalue weighted by Crippen LogP contribution is -2.21. The van der Waals surface area contributed by atoms with Gasteiger partial charge in [-0.1, -0.05) is 47.5 Å². The van der Waals surface area contributed by atoms with Gasteiger partial charge in [0.05, 0.1) is 18.0 Å². The molecule has 1 heterocycles. The molecule has 7 nitrogen and oxygen atoms in total. The maximum atomic E-state index is 12.1. The van der Waals surface area contributed by atoms with Crippen molar-refractivity contribution < 1.29 is 9.59 Å². The minimum absolute atomic E-state index is 0.115. The number of carbonyl (C=O) groups excluding carboxylic acids is 2. The molecule has 2 N–H and O–H groups in total. The van der Waals surface area contributed by atoms with E-state index in [1.54, 1.807) is 48.5 Å². The molecule has 2 amide bonds. The number of aromatic nitrogens is 1. The Hall–Kier alpha value is -3.55. The van der Waals surface area contributed by atoms with Gasteiger partial charge in [0, 0.05) is 16.2 Å². The van der Waals surface area contributed by atoms with Crippen LogP contribution >= 0.6 is 23.2 Å². The van der Waals surface area contributed by atoms with Gasteiger partial charge in [-0.15, -0.1) is 0 Å². The molecule has 0 saturated carbocycles. The Morgan fingerprint density at radius 3 is 1.70 bits per heavy atom. The number of carbonyl (C=O) groups is 2. The number of nitrogens with zero attached hydrogens (tertiary/aromatic N) is 3. The molecule has 3 aromatic rings. The van der Waals surface area contributed by atoms with Gasteiger partial charge in [0.1, 0.15) is 5.69 Å². The minimum atomic E-state index is -0.507. The van der Waals surface area contributed by atoms with Crippen molar-refractivity contribution in [1.29, 1.82) is 0 Å². The highest BCUT2D eigenvalue weighted by atomic mass is 35.5. The Morgan fingerprint density at radius 2 is 1.23 bits per heavy atom. The maximum Gasteiger partial charge on any atom is 0.289 e. The Kier molecular flexibility index (Phi) is 7.26. The first-order valence-corrected chi connectivity index (χ1v) is 9.41. The highest BCUT2D eigenvalue weighted by molar-refractivity contribution is 6.30. The Balaban J connectivity index is 1.53. The predicted molar refractivity (Wildman–Crippen MR) is 117 cm³/mol. The van der Waals surface area contributed by atoms with Gasteiger partial charge in [-0.25, -0.2) is 10.9 Å². The SMILES string of the molecule is O=C(N/N=C/c1ccc(Cl)cc1)c1ccc(C(=O)N/N=C/c2ccc(Cl)cc2)nc1. The summed E-state index contributed by atoms with van der Waals surface area (Å²) in [7, 11) is 0. The lowest BCUT2D eigenvalue weighted by atomic mass is 10.2. The summed E-state index contributed by atoms with van der Waals surface area (Å²) in [5, 5.41) is 8.97. The molecule has 9 heteroatoms. The van der Waals surface area contributed by atoms with E-state index in [4.69, 9.17) is 23.2 Å². The summed E-state index contributed by atoms with van der Waals surface area (Å²) < 4.78 is 0. The van der Waals surface area contributed by atoms with E-state index < -0.39 is 11.8 Å². The van der Waals surface area contributed by atoms with Gasteiger partial charge < -0.3 is 0 Å². The summed E-state index contributed by atoms with van der Waals surface area (Å²) in [6, 6.07) is 16.8. The van der Waals surface area contributed by atoms with Crippen LogP contribution in [0.5, 0.6) is 0 Å². The molecule has 1 aromatic heterocycles. The van der Waals surface area contributed by atoms with Crippen molar-refractivity contribution in [3.63, 3.8) is 0 Å². The average Bonchev–Trinajstić information content (AvgIpc) is 2.76. The lowest BCUT2D eigenvalue weighted by molar-refractivity contribution is 0.0939. The molecule has 30 heavy (non-hydrogen) atoms. The molecule has 150 valence electrons. The zero-order valence-corrected chi connectivity index (χ0v) is 16.9. The average molecular weight is 440 g/mol. The van der Waals surface area contributed by atoms with Crippen molar-refractivity contribution >= 4 is 47.4 Å². The van der Waals surface area contributed by atoms with Gasteiger partial charge in [0.25, 0.3) is 11.8 Å². The van der Waals surface area contributed by atoms with E-state index in [1.165, 1.54) is 30.8 Å². The molecule has 0 spiro atoms. The molecule has 0 bridgehead atoms. The summed E-state index contributed by atoms with van der Waals surface area (Å²) >= 11 is 11.6. The van der Waals surface area contributed by atoms with E-state index in [2.05, 4.69) is 26.0 Å². The second-order valence-corrected chi connectivity index (χ2v) is 6.81. The smallest absolute Gasteiger partial charge is 0.267 e. The number of amides is 2. The molecular weight excluding hydrogens is 425 g/mol. The molecule has 0 atom stereocenters. The molecule has 0 aliphatic heterocycles. The summed E-state index contributed by atoms with van der Waals surface area (Å²) in [5.74, 6) is -0.964. The molecule has 0 saturated heterocycles. The maximum absolute atomic E-state index is 12.1. The van der Waals surface area contributed by atoms with Crippen LogP contribution in [0.4, 0.5) is 0 Å². The minimum Gasteiger partial charge on any atom is -0.267 e. The van der Waals surface area contributed by atoms with Crippen LogP contribution < -0.4 is 10.9 Å². The van der Waals surface area contributed by atoms with E-state index in [-0.39, 0.29) is 11.3 Å². The largest absolute Gasteiger partial charge is 0.289 e. The number of hydrazone groups is 2. The van der Waals surface area contributed by atoms with Gasteiger partial charge in [0.2, 0.25) is 0 Å². The molecule has 0 radical (unpaired) electrons. The number of nitrogens with one attached hydrogen (secondary N) is 2. The first kappa shape index (κ1) is 21.2. The Bertz CT molecular complexity index is 991. The van der Waals surface area contributed by atoms with Crippen LogP contribution in [0.3, 0.4) is 0 Å². The topological polar surface area (TPSA) is 95.8 Å². The van der Waals surface area contributed by atoms with Crippen LogP contribution in [0, 0.1) is 0 Å². The monoisotopic (exact) mass is 439 g/mol. The summed E-state index contributed by atoms with van der Waals surface area (Å²) in [5.41, 5.74) is 6.69. The fourth-order valence-electron chi connectivity index (χ4n) is 2.21. The number of pyridine rings is 1. The Morgan fingerprint density at radius 1 is 0.733 bits per heavy atom. The van der Waals surface area contributed by atoms with Crippen molar-refractivity contribution in [2.75, 3.05) is 0 Å². The van der Waals surface area contributed by atoms with Crippen molar-refractivity contribution in [3.8, 4) is 0 Å². The quantitative estimate of drug-likeness (QED) is 0.449. The van der Waals surface area contributed by atoms with Crippen LogP contribution in [0.25, 0.3) is 0 Å². The molecule has 3 rings (SSSR count). The summed E-state index contributed by atoms with van der Waals surface area (Å²) in [6.07, 6.45) is 4.25. The van der Waals surface area contributed by atoms with E-state index in [1.807, 2.05) is 0 Å². The lowest BCUT2D eigenvalue weighted by Gasteiger charge is -2.02. The number of benzene rings is 2. The fourth-order valence-corrected chi connectivity index (χ4v) is 2.46. The molecule has 0 unspecified atom stereocenters. The molecule has 0 fully saturated rings. The van der Waals surface area contributed by atoms with E-state index in [9.17, 15) is 9.59 Å². The third kappa shape index (κ3) is 6.23. The second-order valence-electron chi connectivity index (χ2n) is 5.93. The van der Waals surface area contributed by atoms with Crippen molar-refractivity contribution in [1.82, 2.24) is 15.8 Å². The zero-order chi connectivity index (χ0) is 21.3. The van der Waals surface area contributed by atoms with E-state index in [0.717, 1.165) is 11.1 Å². The Labute approximate surface area is 182 Å². The van der Waals surface area contributed by atoms with Crippen LogP contribution in [0.1, 0.15) is 32.0 Å². The molecular formula is C21H15Cl2N5O2. The van der Waals surface area contributed by atoms with E-state index >= 15 is 0 Å². The highest BCUT2D eigenvalue weighted by Gasteiger charge is 2.09. The van der Waals surface area contributed by atoms with Crippen molar-refractivity contribution in [2.45, 2.75) is 0 Å². The number of halogens is 2. The van der Waals surface area contributed by atoms with Gasteiger partial charge in [0.15, 0.2) is 0 Å². The number of rotatable bonds is 6. The first-order chi connectivity index (χ1) is 14.5. The van der Waals surface area contributed by atoms with Crippen molar-refractivity contribution in [2.24, 2.45) is 10.2 Å². The third-order valence-corrected chi connectivity index (χ3v) is 4.26. The van der Waals surface area contributed by atoms with E-state index in [0.29, 0.717) is 10.0 Å². The van der Waals surface area contributed by atoms with Gasteiger partial charge in [-0.3, -0.25) is 14.6 Å². The van der Waals surface area contributed by atoms with Crippen LogP contribution in [0.2, 0.25) is 10.0 Å². The third-order valence-electron chi connectivity index (χ3n) is 3.76. The summed E-state index contributed by atoms with van der Waals surface area (Å²) in [6.45, 7) is 0. The molecule has 0 aliphatic carbocycles. The number of hydrogen-bond acceptors (Lipinski definition) is 5. The molecule has 2 aromatic carbocycles. The standard InChI is InChI=1S/C21H15Cl2N5O2/c22-17-6-1-14(2-7-17)11-25-27-20(29)16-5-10-19(24-13-16)21(30)28-26-12-15-3-8-18(23)9-4-15/h1-13H,(H,27,29)(H,28,30)/b25-11+,26-12+. The molecule has 0 aliphatic rings. The predicted octanol–water partition coefficient (Wildman–Crippen LogP) is 3.92. The normalized spacial score (nSPS) is 11.0. The first-order valence-electron chi connectivity index (χ1n) is 8.65. The van der Waals surface area contributed by atoms with Crippen LogP contribution in [0.15, 0.2) is 77.1 Å². The van der Waals surface area contributed by atoms with Gasteiger partial charge in [-0.05, 0) is 47.5 Å². The van der Waals surface area contributed by atoms with Crippen molar-refractivity contribution in [3.05, 3.63) is 99.3 Å². The number of hydrogen-bond donors (Lipinski definition) is 2. The summed E-state index contributed by atoms with van der Waals surface area (Å²) in [4.78, 5) is 28.2.